The number of nitriles is 1. The highest BCUT2D eigenvalue weighted by atomic mass is 79.9. The van der Waals surface area contributed by atoms with Gasteiger partial charge in [0.25, 0.3) is 0 Å². The quantitative estimate of drug-likeness (QED) is 0.659. The van der Waals surface area contributed by atoms with E-state index in [-0.39, 0.29) is 23.9 Å². The van der Waals surface area contributed by atoms with Crippen LogP contribution in [0, 0.1) is 11.3 Å². The van der Waals surface area contributed by atoms with Gasteiger partial charge < -0.3 is 4.90 Å². The molecule has 0 aliphatic carbocycles. The minimum Gasteiger partial charge on any atom is -0.336 e. The number of carbonyl (C=O) groups is 1. The monoisotopic (exact) mass is 447 g/mol. The molecule has 0 N–H and O–H groups in total. The summed E-state index contributed by atoms with van der Waals surface area (Å²) in [4.78, 5) is 14.3. The van der Waals surface area contributed by atoms with Crippen LogP contribution in [0.25, 0.3) is 0 Å². The molecule has 2 aromatic carbocycles. The lowest BCUT2D eigenvalue weighted by molar-refractivity contribution is -0.134. The molecule has 1 fully saturated rings. The predicted molar refractivity (Wildman–Crippen MR) is 104 cm³/mol. The van der Waals surface area contributed by atoms with Gasteiger partial charge in [-0.3, -0.25) is 4.79 Å². The molecule has 0 unspecified atom stereocenters. The van der Waals surface area contributed by atoms with Crippen molar-refractivity contribution in [3.8, 4) is 6.07 Å². The molecular formula is C19H18BrN3O3S. The molecule has 2 aromatic rings. The maximum absolute atomic E-state index is 12.8. The van der Waals surface area contributed by atoms with Crippen molar-refractivity contribution in [1.82, 2.24) is 9.21 Å². The van der Waals surface area contributed by atoms with Gasteiger partial charge in [-0.05, 0) is 35.4 Å². The zero-order valence-corrected chi connectivity index (χ0v) is 16.9. The lowest BCUT2D eigenvalue weighted by atomic mass is 10.1. The molecule has 1 aliphatic heterocycles. The van der Waals surface area contributed by atoms with Gasteiger partial charge in [-0.15, -0.1) is 0 Å². The highest BCUT2D eigenvalue weighted by Crippen LogP contribution is 2.21. The molecule has 0 aromatic heterocycles. The van der Waals surface area contributed by atoms with E-state index in [0.717, 1.165) is 11.1 Å². The number of alkyl halides is 1. The van der Waals surface area contributed by atoms with Crippen molar-refractivity contribution in [2.45, 2.75) is 16.8 Å². The van der Waals surface area contributed by atoms with E-state index >= 15 is 0 Å². The summed E-state index contributed by atoms with van der Waals surface area (Å²) in [5, 5.41) is 9.41. The van der Waals surface area contributed by atoms with E-state index < -0.39 is 10.0 Å². The maximum Gasteiger partial charge on any atom is 0.243 e. The van der Waals surface area contributed by atoms with Gasteiger partial charge in [-0.1, -0.05) is 40.2 Å². The third-order valence-electron chi connectivity index (χ3n) is 4.43. The Morgan fingerprint density at radius 2 is 1.81 bits per heavy atom. The molecule has 3 rings (SSSR count). The first-order valence-electron chi connectivity index (χ1n) is 8.36. The summed E-state index contributed by atoms with van der Waals surface area (Å²) >= 11 is 3.33. The molecule has 0 spiro atoms. The van der Waals surface area contributed by atoms with Gasteiger partial charge in [-0.25, -0.2) is 8.42 Å². The minimum absolute atomic E-state index is 0.169. The minimum atomic E-state index is -3.70. The Morgan fingerprint density at radius 3 is 2.44 bits per heavy atom. The number of amides is 1. The summed E-state index contributed by atoms with van der Waals surface area (Å²) in [6.07, 6.45) is 0. The lowest BCUT2D eigenvalue weighted by Crippen LogP contribution is -2.51. The van der Waals surface area contributed by atoms with E-state index in [4.69, 9.17) is 5.26 Å². The number of rotatable bonds is 5. The second-order valence-corrected chi connectivity index (χ2v) is 8.74. The van der Waals surface area contributed by atoms with Crippen LogP contribution >= 0.6 is 15.9 Å². The highest BCUT2D eigenvalue weighted by Gasteiger charge is 2.32. The summed E-state index contributed by atoms with van der Waals surface area (Å²) in [7, 11) is -3.70. The van der Waals surface area contributed by atoms with E-state index in [9.17, 15) is 13.2 Å². The van der Waals surface area contributed by atoms with Crippen molar-refractivity contribution in [2.24, 2.45) is 0 Å². The third-order valence-corrected chi connectivity index (χ3v) is 6.92. The summed E-state index contributed by atoms with van der Waals surface area (Å²) in [5.41, 5.74) is 2.33. The van der Waals surface area contributed by atoms with Crippen LogP contribution in [0.1, 0.15) is 16.7 Å². The van der Waals surface area contributed by atoms with Crippen LogP contribution in [0.5, 0.6) is 0 Å². The summed E-state index contributed by atoms with van der Waals surface area (Å²) < 4.78 is 26.9. The van der Waals surface area contributed by atoms with Crippen molar-refractivity contribution in [3.05, 3.63) is 65.2 Å². The maximum atomic E-state index is 12.8. The first kappa shape index (κ1) is 19.5. The molecule has 8 heteroatoms. The van der Waals surface area contributed by atoms with E-state index in [2.05, 4.69) is 22.0 Å². The Kier molecular flexibility index (Phi) is 5.95. The first-order chi connectivity index (χ1) is 12.9. The van der Waals surface area contributed by atoms with Crippen LogP contribution in [0.4, 0.5) is 0 Å². The second-order valence-electron chi connectivity index (χ2n) is 6.24. The summed E-state index contributed by atoms with van der Waals surface area (Å²) in [6.45, 7) is 0.813. The van der Waals surface area contributed by atoms with Crippen molar-refractivity contribution < 1.29 is 13.2 Å². The summed E-state index contributed by atoms with van der Waals surface area (Å²) in [5.74, 6) is -0.231. The number of piperazine rings is 1. The normalized spacial score (nSPS) is 15.6. The fourth-order valence-corrected chi connectivity index (χ4v) is 4.70. The molecule has 1 aliphatic rings. The fourth-order valence-electron chi connectivity index (χ4n) is 2.90. The second kappa shape index (κ2) is 8.21. The Balaban J connectivity index is 1.70. The number of sulfonamides is 1. The Morgan fingerprint density at radius 1 is 1.07 bits per heavy atom. The predicted octanol–water partition coefficient (Wildman–Crippen LogP) is 2.49. The van der Waals surface area contributed by atoms with Crippen molar-refractivity contribution in [1.29, 1.82) is 5.26 Å². The Bertz CT molecular complexity index is 984. The summed E-state index contributed by atoms with van der Waals surface area (Å²) in [6, 6.07) is 15.8. The molecule has 1 amide bonds. The number of nitrogens with zero attached hydrogens (tertiary/aromatic N) is 3. The van der Waals surface area contributed by atoms with Gasteiger partial charge in [0.1, 0.15) is 0 Å². The largest absolute Gasteiger partial charge is 0.336 e. The van der Waals surface area contributed by atoms with Crippen LogP contribution in [0.3, 0.4) is 0 Å². The molecule has 0 atom stereocenters. The van der Waals surface area contributed by atoms with Gasteiger partial charge >= 0.3 is 0 Å². The SMILES string of the molecule is N#Cc1ccc(CN2CCN(S(=O)(=O)c3cccc(CBr)c3)CC2=O)cc1. The van der Waals surface area contributed by atoms with Crippen LogP contribution in [0.15, 0.2) is 53.4 Å². The third kappa shape index (κ3) is 4.38. The van der Waals surface area contributed by atoms with Crippen LogP contribution in [0.2, 0.25) is 0 Å². The number of benzene rings is 2. The van der Waals surface area contributed by atoms with Crippen LogP contribution in [-0.2, 0) is 26.7 Å². The number of carbonyl (C=O) groups excluding carboxylic acids is 1. The van der Waals surface area contributed by atoms with Crippen LogP contribution in [-0.4, -0.2) is 43.2 Å². The molecule has 1 saturated heterocycles. The molecule has 27 heavy (non-hydrogen) atoms. The van der Waals surface area contributed by atoms with E-state index in [1.807, 2.05) is 6.07 Å². The number of hydrogen-bond acceptors (Lipinski definition) is 4. The van der Waals surface area contributed by atoms with Crippen molar-refractivity contribution >= 4 is 31.9 Å². The van der Waals surface area contributed by atoms with E-state index in [0.29, 0.717) is 24.0 Å². The first-order valence-corrected chi connectivity index (χ1v) is 10.9. The fraction of sp³-hybridized carbons (Fsp3) is 0.263. The molecule has 6 nitrogen and oxygen atoms in total. The smallest absolute Gasteiger partial charge is 0.243 e. The van der Waals surface area contributed by atoms with Crippen molar-refractivity contribution in [3.63, 3.8) is 0 Å². The van der Waals surface area contributed by atoms with Crippen molar-refractivity contribution in [2.75, 3.05) is 19.6 Å². The average Bonchev–Trinajstić information content (AvgIpc) is 2.70. The van der Waals surface area contributed by atoms with Crippen LogP contribution < -0.4 is 0 Å². The number of hydrogen-bond donors (Lipinski definition) is 0. The van der Waals surface area contributed by atoms with Gasteiger partial charge in [0.05, 0.1) is 23.1 Å². The van der Waals surface area contributed by atoms with Gasteiger partial charge in [0.2, 0.25) is 15.9 Å². The van der Waals surface area contributed by atoms with Gasteiger partial charge in [0.15, 0.2) is 0 Å². The molecular weight excluding hydrogens is 430 g/mol. The van der Waals surface area contributed by atoms with E-state index in [1.54, 1.807) is 47.4 Å². The number of halogens is 1. The lowest BCUT2D eigenvalue weighted by Gasteiger charge is -2.33. The Labute approximate surface area is 167 Å². The van der Waals surface area contributed by atoms with E-state index in [1.165, 1.54) is 4.31 Å². The molecule has 140 valence electrons. The standard InChI is InChI=1S/C19H18BrN3O3S/c20-11-17-2-1-3-18(10-17)27(25,26)23-9-8-22(19(24)14-23)13-16-6-4-15(12-21)5-7-16/h1-7,10H,8-9,11,13-14H2. The topological polar surface area (TPSA) is 81.5 Å². The molecule has 1 heterocycles. The Hall–Kier alpha value is -2.21. The zero-order chi connectivity index (χ0) is 19.4. The molecule has 0 saturated carbocycles. The van der Waals surface area contributed by atoms with Gasteiger partial charge in [-0.2, -0.15) is 9.57 Å². The highest BCUT2D eigenvalue weighted by molar-refractivity contribution is 9.08. The van der Waals surface area contributed by atoms with Gasteiger partial charge in [0, 0.05) is 25.0 Å². The average molecular weight is 448 g/mol. The molecule has 0 radical (unpaired) electrons. The zero-order valence-electron chi connectivity index (χ0n) is 14.5. The molecule has 0 bridgehead atoms.